The predicted molar refractivity (Wildman–Crippen MR) is 92.4 cm³/mol. The van der Waals surface area contributed by atoms with E-state index in [-0.39, 0.29) is 5.92 Å². The minimum Gasteiger partial charge on any atom is -0.489 e. The second-order valence-corrected chi connectivity index (χ2v) is 5.96. The Kier molecular flexibility index (Phi) is 4.81. The van der Waals surface area contributed by atoms with Crippen molar-refractivity contribution >= 4 is 11.4 Å². The minimum atomic E-state index is 0.280. The van der Waals surface area contributed by atoms with E-state index in [4.69, 9.17) is 9.94 Å². The second kappa shape index (κ2) is 7.18. The molecule has 0 saturated carbocycles. The van der Waals surface area contributed by atoms with Crippen LogP contribution in [0.5, 0.6) is 5.75 Å². The summed E-state index contributed by atoms with van der Waals surface area (Å²) in [6, 6.07) is 18.4. The van der Waals surface area contributed by atoms with Gasteiger partial charge in [-0.15, -0.1) is 0 Å². The van der Waals surface area contributed by atoms with Gasteiger partial charge in [0.2, 0.25) is 0 Å². The first-order valence-corrected chi connectivity index (χ1v) is 7.99. The lowest BCUT2D eigenvalue weighted by molar-refractivity contribution is 0.306. The smallest absolute Gasteiger partial charge is 0.119 e. The Hall–Kier alpha value is -2.49. The monoisotopic (exact) mass is 310 g/mol. The van der Waals surface area contributed by atoms with E-state index in [1.807, 2.05) is 30.3 Å². The molecule has 120 valence electrons. The first-order valence-electron chi connectivity index (χ1n) is 7.99. The lowest BCUT2D eigenvalue weighted by Gasteiger charge is -2.33. The van der Waals surface area contributed by atoms with Crippen LogP contribution in [0.1, 0.15) is 18.9 Å². The summed E-state index contributed by atoms with van der Waals surface area (Å²) in [6.07, 6.45) is 0.809. The molecule has 0 amide bonds. The van der Waals surface area contributed by atoms with Crippen molar-refractivity contribution in [2.45, 2.75) is 20.0 Å². The molecule has 0 radical (unpaired) electrons. The summed E-state index contributed by atoms with van der Waals surface area (Å²) in [6.45, 7) is 4.44. The zero-order chi connectivity index (χ0) is 16.1. The summed E-state index contributed by atoms with van der Waals surface area (Å²) in [5, 5.41) is 12.4. The molecule has 2 aromatic rings. The van der Waals surface area contributed by atoms with Gasteiger partial charge in [0, 0.05) is 31.1 Å². The van der Waals surface area contributed by atoms with Gasteiger partial charge < -0.3 is 14.8 Å². The van der Waals surface area contributed by atoms with Gasteiger partial charge in [-0.3, -0.25) is 0 Å². The third-order valence-corrected chi connectivity index (χ3v) is 4.28. The molecule has 4 heteroatoms. The molecule has 2 aromatic carbocycles. The molecule has 1 atom stereocenters. The van der Waals surface area contributed by atoms with E-state index >= 15 is 0 Å². The van der Waals surface area contributed by atoms with Crippen molar-refractivity contribution in [3.8, 4) is 5.75 Å². The van der Waals surface area contributed by atoms with Gasteiger partial charge in [-0.05, 0) is 29.8 Å². The summed E-state index contributed by atoms with van der Waals surface area (Å²) >= 11 is 0. The molecule has 1 N–H and O–H groups in total. The third kappa shape index (κ3) is 3.83. The van der Waals surface area contributed by atoms with E-state index in [1.54, 1.807) is 0 Å². The van der Waals surface area contributed by atoms with Crippen LogP contribution in [-0.4, -0.2) is 24.0 Å². The maximum absolute atomic E-state index is 8.96. The summed E-state index contributed by atoms with van der Waals surface area (Å²) in [5.74, 6) is 1.16. The molecule has 4 nitrogen and oxygen atoms in total. The third-order valence-electron chi connectivity index (χ3n) is 4.28. The summed E-state index contributed by atoms with van der Waals surface area (Å²) in [4.78, 5) is 2.32. The first kappa shape index (κ1) is 15.4. The molecule has 1 unspecified atom stereocenters. The number of nitrogens with zero attached hydrogens (tertiary/aromatic N) is 2. The topological polar surface area (TPSA) is 45.1 Å². The van der Waals surface area contributed by atoms with Crippen LogP contribution in [0.3, 0.4) is 0 Å². The molecule has 1 aliphatic heterocycles. The Morgan fingerprint density at radius 3 is 2.52 bits per heavy atom. The van der Waals surface area contributed by atoms with Crippen LogP contribution < -0.4 is 9.64 Å². The van der Waals surface area contributed by atoms with E-state index in [2.05, 4.69) is 41.2 Å². The standard InChI is InChI=1S/C19H22N2O2/c1-15-13-21(12-11-19(15)20-22)17-7-9-18(10-8-17)23-14-16-5-3-2-4-6-16/h2-10,15,22H,11-14H2,1H3/b20-19+. The molecule has 0 spiro atoms. The molecule has 0 aliphatic carbocycles. The number of benzene rings is 2. The van der Waals surface area contributed by atoms with Crippen molar-refractivity contribution in [3.63, 3.8) is 0 Å². The van der Waals surface area contributed by atoms with Gasteiger partial charge in [0.1, 0.15) is 12.4 Å². The number of oxime groups is 1. The summed E-state index contributed by atoms with van der Waals surface area (Å²) in [5.41, 5.74) is 3.24. The molecule has 1 heterocycles. The number of piperidine rings is 1. The highest BCUT2D eigenvalue weighted by molar-refractivity contribution is 5.88. The quantitative estimate of drug-likeness (QED) is 0.687. The van der Waals surface area contributed by atoms with Gasteiger partial charge in [0.05, 0.1) is 5.71 Å². The van der Waals surface area contributed by atoms with E-state index in [9.17, 15) is 0 Å². The fraction of sp³-hybridized carbons (Fsp3) is 0.316. The van der Waals surface area contributed by atoms with Gasteiger partial charge in [0.15, 0.2) is 0 Å². The predicted octanol–water partition coefficient (Wildman–Crippen LogP) is 3.94. The maximum Gasteiger partial charge on any atom is 0.119 e. The van der Waals surface area contributed by atoms with E-state index in [0.29, 0.717) is 6.61 Å². The van der Waals surface area contributed by atoms with Crippen molar-refractivity contribution in [2.24, 2.45) is 11.1 Å². The first-order chi connectivity index (χ1) is 11.3. The number of rotatable bonds is 4. The van der Waals surface area contributed by atoms with E-state index < -0.39 is 0 Å². The fourth-order valence-electron chi connectivity index (χ4n) is 2.90. The zero-order valence-corrected chi connectivity index (χ0v) is 13.4. The molecule has 0 bridgehead atoms. The lowest BCUT2D eigenvalue weighted by atomic mass is 9.97. The molecule has 1 fully saturated rings. The van der Waals surface area contributed by atoms with Crippen molar-refractivity contribution in [2.75, 3.05) is 18.0 Å². The van der Waals surface area contributed by atoms with Crippen LogP contribution in [-0.2, 0) is 6.61 Å². The van der Waals surface area contributed by atoms with Crippen LogP contribution in [0.25, 0.3) is 0 Å². The largest absolute Gasteiger partial charge is 0.489 e. The van der Waals surface area contributed by atoms with E-state index in [1.165, 1.54) is 5.69 Å². The highest BCUT2D eigenvalue weighted by Crippen LogP contribution is 2.24. The van der Waals surface area contributed by atoms with Crippen LogP contribution in [0.2, 0.25) is 0 Å². The number of hydrogen-bond acceptors (Lipinski definition) is 4. The summed E-state index contributed by atoms with van der Waals surface area (Å²) in [7, 11) is 0. The molecule has 1 saturated heterocycles. The zero-order valence-electron chi connectivity index (χ0n) is 13.4. The number of hydrogen-bond donors (Lipinski definition) is 1. The lowest BCUT2D eigenvalue weighted by Crippen LogP contribution is -2.39. The second-order valence-electron chi connectivity index (χ2n) is 5.96. The van der Waals surface area contributed by atoms with Crippen molar-refractivity contribution in [1.29, 1.82) is 0 Å². The highest BCUT2D eigenvalue weighted by Gasteiger charge is 2.22. The van der Waals surface area contributed by atoms with Gasteiger partial charge >= 0.3 is 0 Å². The van der Waals surface area contributed by atoms with Crippen LogP contribution >= 0.6 is 0 Å². The molecular weight excluding hydrogens is 288 g/mol. The maximum atomic E-state index is 8.96. The SMILES string of the molecule is CC1CN(c2ccc(OCc3ccccc3)cc2)CC/C1=N\O. The van der Waals surface area contributed by atoms with Crippen molar-refractivity contribution in [1.82, 2.24) is 0 Å². The Bertz CT molecular complexity index is 653. The van der Waals surface area contributed by atoms with Gasteiger partial charge in [0.25, 0.3) is 0 Å². The average molecular weight is 310 g/mol. The Morgan fingerprint density at radius 2 is 1.87 bits per heavy atom. The highest BCUT2D eigenvalue weighted by atomic mass is 16.5. The normalized spacial score (nSPS) is 19.8. The average Bonchev–Trinajstić information content (AvgIpc) is 2.61. The fourth-order valence-corrected chi connectivity index (χ4v) is 2.90. The number of anilines is 1. The van der Waals surface area contributed by atoms with E-state index in [0.717, 1.165) is 36.5 Å². The Balaban J connectivity index is 1.59. The van der Waals surface area contributed by atoms with Gasteiger partial charge in [-0.1, -0.05) is 42.4 Å². The van der Waals surface area contributed by atoms with Gasteiger partial charge in [-0.25, -0.2) is 0 Å². The van der Waals surface area contributed by atoms with Crippen LogP contribution in [0.15, 0.2) is 59.8 Å². The minimum absolute atomic E-state index is 0.280. The molecule has 23 heavy (non-hydrogen) atoms. The Morgan fingerprint density at radius 1 is 1.13 bits per heavy atom. The number of ether oxygens (including phenoxy) is 1. The molecule has 0 aromatic heterocycles. The van der Waals surface area contributed by atoms with Crippen LogP contribution in [0, 0.1) is 5.92 Å². The summed E-state index contributed by atoms with van der Waals surface area (Å²) < 4.78 is 5.82. The molecular formula is C19H22N2O2. The van der Waals surface area contributed by atoms with Gasteiger partial charge in [-0.2, -0.15) is 0 Å². The Labute approximate surface area is 137 Å². The van der Waals surface area contributed by atoms with Crippen molar-refractivity contribution < 1.29 is 9.94 Å². The molecule has 3 rings (SSSR count). The van der Waals surface area contributed by atoms with Crippen LogP contribution in [0.4, 0.5) is 5.69 Å². The molecule has 1 aliphatic rings. The van der Waals surface area contributed by atoms with Crippen molar-refractivity contribution in [3.05, 3.63) is 60.2 Å².